The number of nitrogens with one attached hydrogen (secondary N) is 1. The van der Waals surface area contributed by atoms with Crippen LogP contribution in [0, 0.1) is 0 Å². The number of rotatable bonds is 6. The maximum absolute atomic E-state index is 5.84. The van der Waals surface area contributed by atoms with Gasteiger partial charge in [0.1, 0.15) is 0 Å². The predicted octanol–water partition coefficient (Wildman–Crippen LogP) is 3.18. The molecule has 0 radical (unpaired) electrons. The molecule has 1 rings (SSSR count). The summed E-state index contributed by atoms with van der Waals surface area (Å²) in [4.78, 5) is 4.40. The molecule has 3 nitrogen and oxygen atoms in total. The van der Waals surface area contributed by atoms with Gasteiger partial charge >= 0.3 is 0 Å². The quantitative estimate of drug-likeness (QED) is 0.875. The molecule has 0 spiro atoms. The van der Waals surface area contributed by atoms with Gasteiger partial charge in [-0.3, -0.25) is 4.98 Å². The van der Waals surface area contributed by atoms with Crippen LogP contribution in [0.5, 0.6) is 0 Å². The van der Waals surface area contributed by atoms with E-state index in [0.717, 1.165) is 23.1 Å². The lowest BCUT2D eigenvalue weighted by Crippen LogP contribution is -2.38. The van der Waals surface area contributed by atoms with Crippen LogP contribution in [-0.4, -0.2) is 29.8 Å². The molecule has 1 aromatic rings. The molecule has 0 fully saturated rings. The number of hydrogen-bond donors (Lipinski definition) is 1. The largest absolute Gasteiger partial charge is 0.374 e. The zero-order valence-electron chi connectivity index (χ0n) is 11.7. The van der Waals surface area contributed by atoms with Crippen LogP contribution in [0.4, 0.5) is 0 Å². The van der Waals surface area contributed by atoms with E-state index in [1.807, 2.05) is 18.3 Å². The number of aromatic nitrogens is 1. The molecule has 1 heterocycles. The van der Waals surface area contributed by atoms with Gasteiger partial charge in [0.05, 0.1) is 12.2 Å². The molecule has 0 aliphatic heterocycles. The number of halogens is 1. The minimum absolute atomic E-state index is 0.0964. The van der Waals surface area contributed by atoms with Gasteiger partial charge < -0.3 is 10.1 Å². The fourth-order valence-electron chi connectivity index (χ4n) is 1.61. The summed E-state index contributed by atoms with van der Waals surface area (Å²) >= 11 is 3.40. The molecule has 0 amide bonds. The first kappa shape index (κ1) is 15.6. The van der Waals surface area contributed by atoms with E-state index in [4.69, 9.17) is 4.74 Å². The molecule has 1 aromatic heterocycles. The summed E-state index contributed by atoms with van der Waals surface area (Å²) in [5, 5.41) is 3.44. The minimum atomic E-state index is -0.0964. The summed E-state index contributed by atoms with van der Waals surface area (Å²) in [7, 11) is 0. The lowest BCUT2D eigenvalue weighted by Gasteiger charge is -2.24. The molecule has 1 unspecified atom stereocenters. The maximum atomic E-state index is 5.84. The lowest BCUT2D eigenvalue weighted by molar-refractivity contribution is -0.0142. The summed E-state index contributed by atoms with van der Waals surface area (Å²) in [5.41, 5.74) is 0.988. The molecule has 0 aliphatic carbocycles. The van der Waals surface area contributed by atoms with Crippen molar-refractivity contribution in [2.45, 2.75) is 45.8 Å². The highest BCUT2D eigenvalue weighted by atomic mass is 79.9. The van der Waals surface area contributed by atoms with Gasteiger partial charge in [0.25, 0.3) is 0 Å². The van der Waals surface area contributed by atoms with Crippen LogP contribution < -0.4 is 5.32 Å². The van der Waals surface area contributed by atoms with Gasteiger partial charge in [0.15, 0.2) is 0 Å². The van der Waals surface area contributed by atoms with Gasteiger partial charge in [-0.2, -0.15) is 0 Å². The normalized spacial score (nSPS) is 13.6. The summed E-state index contributed by atoms with van der Waals surface area (Å²) in [5.74, 6) is 0. The van der Waals surface area contributed by atoms with Crippen molar-refractivity contribution in [3.05, 3.63) is 28.5 Å². The first-order valence-corrected chi connectivity index (χ1v) is 7.18. The summed E-state index contributed by atoms with van der Waals surface area (Å²) < 4.78 is 6.85. The Morgan fingerprint density at radius 2 is 2.11 bits per heavy atom. The third-order valence-electron chi connectivity index (χ3n) is 2.45. The fourth-order valence-corrected chi connectivity index (χ4v) is 1.84. The van der Waals surface area contributed by atoms with Gasteiger partial charge in [0.2, 0.25) is 0 Å². The molecule has 0 aliphatic rings. The second kappa shape index (κ2) is 7.22. The highest BCUT2D eigenvalue weighted by Crippen LogP contribution is 2.11. The highest BCUT2D eigenvalue weighted by Gasteiger charge is 2.15. The molecule has 0 bridgehead atoms. The Morgan fingerprint density at radius 1 is 1.39 bits per heavy atom. The zero-order valence-corrected chi connectivity index (χ0v) is 13.3. The first-order chi connectivity index (χ1) is 8.40. The molecule has 0 saturated carbocycles. The van der Waals surface area contributed by atoms with Crippen molar-refractivity contribution >= 4 is 15.9 Å². The van der Waals surface area contributed by atoms with Gasteiger partial charge in [0, 0.05) is 28.8 Å². The Labute approximate surface area is 118 Å². The van der Waals surface area contributed by atoms with E-state index in [-0.39, 0.29) is 5.60 Å². The molecule has 18 heavy (non-hydrogen) atoms. The number of nitrogens with zero attached hydrogens (tertiary/aromatic N) is 1. The second-order valence-corrected chi connectivity index (χ2v) is 6.27. The molecule has 0 aromatic carbocycles. The maximum Gasteiger partial charge on any atom is 0.0630 e. The Bertz CT molecular complexity index is 346. The van der Waals surface area contributed by atoms with E-state index >= 15 is 0 Å². The van der Waals surface area contributed by atoms with Gasteiger partial charge in [-0.1, -0.05) is 6.92 Å². The minimum Gasteiger partial charge on any atom is -0.374 e. The van der Waals surface area contributed by atoms with Crippen LogP contribution in [0.15, 0.2) is 22.8 Å². The van der Waals surface area contributed by atoms with Gasteiger partial charge in [-0.25, -0.2) is 0 Å². The van der Waals surface area contributed by atoms with Crippen molar-refractivity contribution in [2.24, 2.45) is 0 Å². The van der Waals surface area contributed by atoms with Crippen LogP contribution in [0.3, 0.4) is 0 Å². The highest BCUT2D eigenvalue weighted by molar-refractivity contribution is 9.10. The SMILES string of the molecule is CCNC(COC(C)(C)C)Cc1ccc(Br)cn1. The van der Waals surface area contributed by atoms with Crippen molar-refractivity contribution in [2.75, 3.05) is 13.2 Å². The monoisotopic (exact) mass is 314 g/mol. The Kier molecular flexibility index (Phi) is 6.26. The summed E-state index contributed by atoms with van der Waals surface area (Å²) in [6.45, 7) is 9.98. The van der Waals surface area contributed by atoms with Crippen LogP contribution in [0.2, 0.25) is 0 Å². The standard InChI is InChI=1S/C14H23BrN2O/c1-5-16-13(10-18-14(2,3)4)8-12-7-6-11(15)9-17-12/h6-7,9,13,16H,5,8,10H2,1-4H3. The third kappa shape index (κ3) is 6.47. The second-order valence-electron chi connectivity index (χ2n) is 5.35. The number of hydrogen-bond acceptors (Lipinski definition) is 3. The lowest BCUT2D eigenvalue weighted by atomic mass is 10.1. The Morgan fingerprint density at radius 3 is 2.61 bits per heavy atom. The molecular formula is C14H23BrN2O. The van der Waals surface area contributed by atoms with E-state index in [9.17, 15) is 0 Å². The van der Waals surface area contributed by atoms with Crippen molar-refractivity contribution in [3.8, 4) is 0 Å². The Hall–Kier alpha value is -0.450. The van der Waals surface area contributed by atoms with E-state index < -0.39 is 0 Å². The number of pyridine rings is 1. The molecule has 102 valence electrons. The summed E-state index contributed by atoms with van der Waals surface area (Å²) in [6, 6.07) is 4.38. The van der Waals surface area contributed by atoms with Crippen LogP contribution in [0.25, 0.3) is 0 Å². The first-order valence-electron chi connectivity index (χ1n) is 6.38. The van der Waals surface area contributed by atoms with Crippen molar-refractivity contribution in [1.82, 2.24) is 10.3 Å². The van der Waals surface area contributed by atoms with Crippen molar-refractivity contribution in [3.63, 3.8) is 0 Å². The number of likely N-dealkylation sites (N-methyl/N-ethyl adjacent to an activating group) is 1. The Balaban J connectivity index is 2.54. The smallest absolute Gasteiger partial charge is 0.0630 e. The van der Waals surface area contributed by atoms with Crippen LogP contribution >= 0.6 is 15.9 Å². The van der Waals surface area contributed by atoms with Crippen molar-refractivity contribution in [1.29, 1.82) is 0 Å². The average molecular weight is 315 g/mol. The average Bonchev–Trinajstić information content (AvgIpc) is 2.28. The summed E-state index contributed by atoms with van der Waals surface area (Å²) in [6.07, 6.45) is 2.72. The fraction of sp³-hybridized carbons (Fsp3) is 0.643. The molecule has 1 atom stereocenters. The topological polar surface area (TPSA) is 34.1 Å². The van der Waals surface area contributed by atoms with E-state index in [2.05, 4.69) is 53.9 Å². The number of ether oxygens (including phenoxy) is 1. The predicted molar refractivity (Wildman–Crippen MR) is 78.8 cm³/mol. The molecule has 0 saturated heterocycles. The molecular weight excluding hydrogens is 292 g/mol. The van der Waals surface area contributed by atoms with Crippen LogP contribution in [0.1, 0.15) is 33.4 Å². The van der Waals surface area contributed by atoms with Crippen molar-refractivity contribution < 1.29 is 4.74 Å². The van der Waals surface area contributed by atoms with Gasteiger partial charge in [-0.05, 0) is 55.4 Å². The molecule has 4 heteroatoms. The van der Waals surface area contributed by atoms with E-state index in [0.29, 0.717) is 12.6 Å². The van der Waals surface area contributed by atoms with Crippen LogP contribution in [-0.2, 0) is 11.2 Å². The van der Waals surface area contributed by atoms with E-state index in [1.54, 1.807) is 0 Å². The van der Waals surface area contributed by atoms with Gasteiger partial charge in [-0.15, -0.1) is 0 Å². The zero-order chi connectivity index (χ0) is 13.6. The molecule has 1 N–H and O–H groups in total. The van der Waals surface area contributed by atoms with E-state index in [1.165, 1.54) is 0 Å². The third-order valence-corrected chi connectivity index (χ3v) is 2.92.